The minimum atomic E-state index is -1.23. The molecular formula is C21H34N2O5. The molecule has 0 aliphatic heterocycles. The number of rotatable bonds is 6. The molecule has 0 amide bonds. The second-order valence-corrected chi connectivity index (χ2v) is 7.59. The number of esters is 1. The van der Waals surface area contributed by atoms with Crippen LogP contribution in [0.25, 0.3) is 0 Å². The Morgan fingerprint density at radius 1 is 1.18 bits per heavy atom. The SMILES string of the molecule is Cc1ccc(C(N)(C(=O)OC(C)C)[C@H]2CC[C@H](C(=O)O)CC2)cc1.NCCO. The van der Waals surface area contributed by atoms with Crippen molar-refractivity contribution in [3.05, 3.63) is 35.4 Å². The molecular weight excluding hydrogens is 360 g/mol. The number of hydrogen-bond donors (Lipinski definition) is 4. The zero-order chi connectivity index (χ0) is 21.3. The average Bonchev–Trinajstić information content (AvgIpc) is 2.67. The standard InChI is InChI=1S/C19H27NO4.C2H7NO/c1-12(2)24-18(23)19(20,15-8-4-13(3)5-9-15)16-10-6-14(7-11-16)17(21)22;3-1-2-4/h4-5,8-9,12,14,16H,6-7,10-11,20H2,1-3H3,(H,21,22);4H,1-3H2/t14-,16-,19?;. The number of carboxylic acid groups (broad SMARTS) is 1. The largest absolute Gasteiger partial charge is 0.481 e. The lowest BCUT2D eigenvalue weighted by atomic mass is 9.69. The molecule has 1 saturated carbocycles. The summed E-state index contributed by atoms with van der Waals surface area (Å²) in [6, 6.07) is 7.62. The van der Waals surface area contributed by atoms with E-state index in [4.69, 9.17) is 21.3 Å². The number of aliphatic hydroxyl groups is 1. The molecule has 1 aromatic carbocycles. The molecule has 0 saturated heterocycles. The molecule has 1 aromatic rings. The van der Waals surface area contributed by atoms with E-state index in [-0.39, 0.29) is 24.5 Å². The van der Waals surface area contributed by atoms with Crippen molar-refractivity contribution in [2.24, 2.45) is 23.3 Å². The zero-order valence-corrected chi connectivity index (χ0v) is 17.1. The maximum atomic E-state index is 12.8. The first-order valence-electron chi connectivity index (χ1n) is 9.77. The summed E-state index contributed by atoms with van der Waals surface area (Å²) in [6.45, 7) is 6.05. The Hall–Kier alpha value is -1.96. The highest BCUT2D eigenvalue weighted by Crippen LogP contribution is 2.40. The lowest BCUT2D eigenvalue weighted by Crippen LogP contribution is -2.53. The van der Waals surface area contributed by atoms with Crippen LogP contribution < -0.4 is 11.5 Å². The molecule has 0 bridgehead atoms. The van der Waals surface area contributed by atoms with E-state index in [0.717, 1.165) is 11.1 Å². The number of aliphatic carboxylic acids is 1. The van der Waals surface area contributed by atoms with Crippen molar-refractivity contribution in [2.75, 3.05) is 13.2 Å². The number of hydrogen-bond acceptors (Lipinski definition) is 6. The fourth-order valence-corrected chi connectivity index (χ4v) is 3.46. The van der Waals surface area contributed by atoms with Gasteiger partial charge in [-0.3, -0.25) is 4.79 Å². The minimum absolute atomic E-state index is 0.0972. The van der Waals surface area contributed by atoms with Gasteiger partial charge in [-0.15, -0.1) is 0 Å². The molecule has 0 aromatic heterocycles. The molecule has 1 atom stereocenters. The zero-order valence-electron chi connectivity index (χ0n) is 17.1. The Kier molecular flexibility index (Phi) is 9.58. The summed E-state index contributed by atoms with van der Waals surface area (Å²) < 4.78 is 5.45. The van der Waals surface area contributed by atoms with Crippen LogP contribution in [0.2, 0.25) is 0 Å². The molecule has 0 radical (unpaired) electrons. The van der Waals surface area contributed by atoms with Crippen molar-refractivity contribution >= 4 is 11.9 Å². The third-order valence-corrected chi connectivity index (χ3v) is 5.06. The molecule has 6 N–H and O–H groups in total. The summed E-state index contributed by atoms with van der Waals surface area (Å²) in [5.74, 6) is -1.66. The topological polar surface area (TPSA) is 136 Å². The molecule has 2 rings (SSSR count). The van der Waals surface area contributed by atoms with Gasteiger partial charge in [0.2, 0.25) is 0 Å². The number of benzene rings is 1. The van der Waals surface area contributed by atoms with Crippen LogP contribution in [0.15, 0.2) is 24.3 Å². The predicted octanol–water partition coefficient (Wildman–Crippen LogP) is 1.93. The van der Waals surface area contributed by atoms with Gasteiger partial charge >= 0.3 is 11.9 Å². The smallest absolute Gasteiger partial charge is 0.331 e. The number of carboxylic acids is 1. The van der Waals surface area contributed by atoms with E-state index < -0.39 is 17.5 Å². The summed E-state index contributed by atoms with van der Waals surface area (Å²) >= 11 is 0. The van der Waals surface area contributed by atoms with Gasteiger partial charge in [-0.2, -0.15) is 0 Å². The number of ether oxygens (including phenoxy) is 1. The third kappa shape index (κ3) is 6.29. The molecule has 1 fully saturated rings. The molecule has 0 heterocycles. The summed E-state index contributed by atoms with van der Waals surface area (Å²) in [6.07, 6.45) is 2.05. The van der Waals surface area contributed by atoms with Gasteiger partial charge in [0, 0.05) is 6.54 Å². The molecule has 158 valence electrons. The van der Waals surface area contributed by atoms with Gasteiger partial charge in [0.25, 0.3) is 0 Å². The van der Waals surface area contributed by atoms with Gasteiger partial charge in [0.15, 0.2) is 0 Å². The average molecular weight is 395 g/mol. The first-order chi connectivity index (χ1) is 13.2. The monoisotopic (exact) mass is 394 g/mol. The van der Waals surface area contributed by atoms with Gasteiger partial charge in [0.1, 0.15) is 5.54 Å². The maximum absolute atomic E-state index is 12.8. The first-order valence-corrected chi connectivity index (χ1v) is 9.77. The van der Waals surface area contributed by atoms with Crippen molar-refractivity contribution in [3.8, 4) is 0 Å². The number of aliphatic hydroxyl groups excluding tert-OH is 1. The van der Waals surface area contributed by atoms with Crippen LogP contribution in [0, 0.1) is 18.8 Å². The van der Waals surface area contributed by atoms with Crippen LogP contribution in [0.1, 0.15) is 50.7 Å². The Labute approximate surface area is 167 Å². The lowest BCUT2D eigenvalue weighted by molar-refractivity contribution is -0.158. The summed E-state index contributed by atoms with van der Waals surface area (Å²) in [4.78, 5) is 24.0. The van der Waals surface area contributed by atoms with Crippen LogP contribution in [-0.4, -0.2) is 41.4 Å². The maximum Gasteiger partial charge on any atom is 0.331 e. The second kappa shape index (κ2) is 11.1. The minimum Gasteiger partial charge on any atom is -0.481 e. The van der Waals surface area contributed by atoms with Crippen molar-refractivity contribution in [1.29, 1.82) is 0 Å². The van der Waals surface area contributed by atoms with Crippen LogP contribution in [0.5, 0.6) is 0 Å². The molecule has 1 aliphatic rings. The molecule has 1 unspecified atom stereocenters. The third-order valence-electron chi connectivity index (χ3n) is 5.06. The molecule has 0 spiro atoms. The highest BCUT2D eigenvalue weighted by atomic mass is 16.5. The fourth-order valence-electron chi connectivity index (χ4n) is 3.46. The summed E-state index contributed by atoms with van der Waals surface area (Å²) in [5, 5.41) is 16.9. The van der Waals surface area contributed by atoms with E-state index in [1.54, 1.807) is 13.8 Å². The molecule has 7 heteroatoms. The van der Waals surface area contributed by atoms with Gasteiger partial charge in [-0.25, -0.2) is 4.79 Å². The highest BCUT2D eigenvalue weighted by molar-refractivity contribution is 5.83. The fraction of sp³-hybridized carbons (Fsp3) is 0.619. The Morgan fingerprint density at radius 2 is 1.68 bits per heavy atom. The van der Waals surface area contributed by atoms with Crippen LogP contribution in [0.4, 0.5) is 0 Å². The Balaban J connectivity index is 0.000000892. The molecule has 28 heavy (non-hydrogen) atoms. The van der Waals surface area contributed by atoms with Crippen molar-refractivity contribution < 1.29 is 24.5 Å². The van der Waals surface area contributed by atoms with Crippen molar-refractivity contribution in [3.63, 3.8) is 0 Å². The highest BCUT2D eigenvalue weighted by Gasteiger charge is 2.47. The normalized spacial score (nSPS) is 21.2. The summed E-state index contributed by atoms with van der Waals surface area (Å²) in [7, 11) is 0. The quantitative estimate of drug-likeness (QED) is 0.541. The van der Waals surface area contributed by atoms with Crippen LogP contribution in [0.3, 0.4) is 0 Å². The van der Waals surface area contributed by atoms with Crippen molar-refractivity contribution in [1.82, 2.24) is 0 Å². The van der Waals surface area contributed by atoms with Gasteiger partial charge < -0.3 is 26.4 Å². The molecule has 1 aliphatic carbocycles. The lowest BCUT2D eigenvalue weighted by Gasteiger charge is -2.39. The Bertz CT molecular complexity index is 622. The van der Waals surface area contributed by atoms with Gasteiger partial charge in [0.05, 0.1) is 18.6 Å². The van der Waals surface area contributed by atoms with Gasteiger partial charge in [-0.05, 0) is 57.9 Å². The van der Waals surface area contributed by atoms with E-state index in [2.05, 4.69) is 0 Å². The Morgan fingerprint density at radius 3 is 2.07 bits per heavy atom. The van der Waals surface area contributed by atoms with E-state index in [9.17, 15) is 14.7 Å². The van der Waals surface area contributed by atoms with Crippen LogP contribution in [-0.2, 0) is 19.9 Å². The van der Waals surface area contributed by atoms with Crippen molar-refractivity contribution in [2.45, 2.75) is 58.1 Å². The first kappa shape index (κ1) is 24.1. The van der Waals surface area contributed by atoms with Gasteiger partial charge in [-0.1, -0.05) is 29.8 Å². The molecule has 7 nitrogen and oxygen atoms in total. The van der Waals surface area contributed by atoms with E-state index in [0.29, 0.717) is 32.2 Å². The second-order valence-electron chi connectivity index (χ2n) is 7.59. The van der Waals surface area contributed by atoms with Crippen LogP contribution >= 0.6 is 0 Å². The predicted molar refractivity (Wildman–Crippen MR) is 107 cm³/mol. The summed E-state index contributed by atoms with van der Waals surface area (Å²) in [5.41, 5.74) is 12.0. The van der Waals surface area contributed by atoms with E-state index in [1.807, 2.05) is 31.2 Å². The van der Waals surface area contributed by atoms with E-state index >= 15 is 0 Å². The number of carbonyl (C=O) groups is 2. The number of aryl methyl sites for hydroxylation is 1. The number of nitrogens with two attached hydrogens (primary N) is 2. The number of carbonyl (C=O) groups excluding carboxylic acids is 1. The van der Waals surface area contributed by atoms with E-state index in [1.165, 1.54) is 0 Å².